The van der Waals surface area contributed by atoms with E-state index in [4.69, 9.17) is 5.11 Å². The second kappa shape index (κ2) is 6.50. The molecule has 0 atom stereocenters. The van der Waals surface area contributed by atoms with Crippen LogP contribution in [-0.4, -0.2) is 84.2 Å². The molecule has 2 aliphatic rings. The highest BCUT2D eigenvalue weighted by Crippen LogP contribution is 2.26. The zero-order valence-corrected chi connectivity index (χ0v) is 11.3. The Labute approximate surface area is 109 Å². The maximum atomic E-state index is 12.2. The number of β-amino-alcohol motifs (C(OH)–C–C–N with tert-alkyl or cyclic N) is 1. The van der Waals surface area contributed by atoms with Gasteiger partial charge >= 0.3 is 0 Å². The Morgan fingerprint density at radius 3 is 2.44 bits per heavy atom. The molecule has 1 heterocycles. The number of carbonyl (C=O) groups is 1. The third-order valence-electron chi connectivity index (χ3n) is 3.95. The summed E-state index contributed by atoms with van der Waals surface area (Å²) in [6.07, 6.45) is 2.51. The number of likely N-dealkylation sites (N-methyl/N-ethyl adjacent to an activating group) is 1. The molecule has 0 aromatic rings. The molecular weight excluding hydrogens is 230 g/mol. The van der Waals surface area contributed by atoms with Gasteiger partial charge in [0.2, 0.25) is 5.91 Å². The van der Waals surface area contributed by atoms with E-state index in [0.29, 0.717) is 12.6 Å². The lowest BCUT2D eigenvalue weighted by Crippen LogP contribution is -2.51. The van der Waals surface area contributed by atoms with Crippen LogP contribution in [-0.2, 0) is 4.79 Å². The summed E-state index contributed by atoms with van der Waals surface area (Å²) in [5, 5.41) is 8.88. The van der Waals surface area contributed by atoms with E-state index in [1.807, 2.05) is 4.90 Å². The highest BCUT2D eigenvalue weighted by Gasteiger charge is 2.30. The van der Waals surface area contributed by atoms with Gasteiger partial charge in [0.05, 0.1) is 13.2 Å². The first-order valence-electron chi connectivity index (χ1n) is 7.09. The Balaban J connectivity index is 1.73. The number of nitrogens with zero attached hydrogens (tertiary/aromatic N) is 3. The lowest BCUT2D eigenvalue weighted by Gasteiger charge is -2.35. The Morgan fingerprint density at radius 1 is 1.28 bits per heavy atom. The van der Waals surface area contributed by atoms with E-state index in [2.05, 4.69) is 16.7 Å². The fourth-order valence-corrected chi connectivity index (χ4v) is 2.57. The molecule has 0 radical (unpaired) electrons. The number of amides is 1. The second-order valence-electron chi connectivity index (χ2n) is 5.24. The number of rotatable bonds is 6. The predicted octanol–water partition coefficient (Wildman–Crippen LogP) is -0.393. The first kappa shape index (κ1) is 13.8. The molecule has 0 bridgehead atoms. The Bertz CT molecular complexity index is 273. The van der Waals surface area contributed by atoms with Crippen LogP contribution in [0.4, 0.5) is 0 Å². The monoisotopic (exact) mass is 255 g/mol. The first-order chi connectivity index (χ1) is 8.74. The first-order valence-corrected chi connectivity index (χ1v) is 7.09. The van der Waals surface area contributed by atoms with Crippen LogP contribution in [0.3, 0.4) is 0 Å². The molecular formula is C13H25N3O2. The van der Waals surface area contributed by atoms with Crippen molar-refractivity contribution in [2.75, 3.05) is 52.4 Å². The zero-order valence-electron chi connectivity index (χ0n) is 11.3. The molecule has 0 aromatic heterocycles. The third-order valence-corrected chi connectivity index (χ3v) is 3.95. The van der Waals surface area contributed by atoms with Crippen molar-refractivity contribution in [1.82, 2.24) is 14.7 Å². The van der Waals surface area contributed by atoms with Crippen LogP contribution < -0.4 is 0 Å². The Kier molecular flexibility index (Phi) is 4.97. The fraction of sp³-hybridized carbons (Fsp3) is 0.923. The molecule has 0 aromatic carbocycles. The molecule has 104 valence electrons. The molecule has 2 rings (SSSR count). The lowest BCUT2D eigenvalue weighted by atomic mass is 10.3. The number of hydrogen-bond acceptors (Lipinski definition) is 4. The molecule has 1 aliphatic heterocycles. The summed E-state index contributed by atoms with van der Waals surface area (Å²) in [5.41, 5.74) is 0. The number of aliphatic hydroxyl groups is 1. The molecule has 1 aliphatic carbocycles. The zero-order chi connectivity index (χ0) is 13.0. The number of aliphatic hydroxyl groups excluding tert-OH is 1. The van der Waals surface area contributed by atoms with Crippen LogP contribution in [0.25, 0.3) is 0 Å². The molecule has 1 N–H and O–H groups in total. The SMILES string of the molecule is CCN(CC(=O)N1CCN(CCO)CC1)C1CC1. The largest absolute Gasteiger partial charge is 0.395 e. The minimum Gasteiger partial charge on any atom is -0.395 e. The van der Waals surface area contributed by atoms with Crippen molar-refractivity contribution < 1.29 is 9.90 Å². The van der Waals surface area contributed by atoms with Gasteiger partial charge in [0.15, 0.2) is 0 Å². The minimum absolute atomic E-state index is 0.208. The standard InChI is InChI=1S/C13H25N3O2/c1-2-15(12-3-4-12)11-13(18)16-7-5-14(6-8-16)9-10-17/h12,17H,2-11H2,1H3. The summed E-state index contributed by atoms with van der Waals surface area (Å²) >= 11 is 0. The molecule has 1 amide bonds. The highest BCUT2D eigenvalue weighted by atomic mass is 16.3. The summed E-state index contributed by atoms with van der Waals surface area (Å²) < 4.78 is 0. The van der Waals surface area contributed by atoms with Gasteiger partial charge in [-0.1, -0.05) is 6.92 Å². The maximum Gasteiger partial charge on any atom is 0.236 e. The van der Waals surface area contributed by atoms with Gasteiger partial charge in [-0.05, 0) is 19.4 Å². The van der Waals surface area contributed by atoms with Crippen LogP contribution in [0.1, 0.15) is 19.8 Å². The van der Waals surface area contributed by atoms with Crippen LogP contribution in [0.15, 0.2) is 0 Å². The lowest BCUT2D eigenvalue weighted by molar-refractivity contribution is -0.134. The summed E-state index contributed by atoms with van der Waals surface area (Å²) in [7, 11) is 0. The van der Waals surface area contributed by atoms with Crippen LogP contribution in [0.5, 0.6) is 0 Å². The molecule has 5 nitrogen and oxygen atoms in total. The van der Waals surface area contributed by atoms with E-state index in [1.165, 1.54) is 12.8 Å². The van der Waals surface area contributed by atoms with Crippen molar-refractivity contribution >= 4 is 5.91 Å². The van der Waals surface area contributed by atoms with Crippen molar-refractivity contribution in [3.05, 3.63) is 0 Å². The summed E-state index contributed by atoms with van der Waals surface area (Å²) in [6.45, 7) is 8.02. The topological polar surface area (TPSA) is 47.0 Å². The van der Waals surface area contributed by atoms with Gasteiger partial charge in [-0.2, -0.15) is 0 Å². The fourth-order valence-electron chi connectivity index (χ4n) is 2.57. The van der Waals surface area contributed by atoms with E-state index in [9.17, 15) is 4.79 Å². The van der Waals surface area contributed by atoms with Gasteiger partial charge in [-0.3, -0.25) is 14.6 Å². The van der Waals surface area contributed by atoms with E-state index in [0.717, 1.165) is 39.3 Å². The number of piperazine rings is 1. The maximum absolute atomic E-state index is 12.2. The average Bonchev–Trinajstić information content (AvgIpc) is 3.21. The molecule has 0 spiro atoms. The molecule has 5 heteroatoms. The summed E-state index contributed by atoms with van der Waals surface area (Å²) in [6, 6.07) is 0.662. The van der Waals surface area contributed by atoms with Gasteiger partial charge < -0.3 is 10.0 Å². The van der Waals surface area contributed by atoms with E-state index < -0.39 is 0 Å². The molecule has 18 heavy (non-hydrogen) atoms. The predicted molar refractivity (Wildman–Crippen MR) is 70.4 cm³/mol. The molecule has 1 saturated heterocycles. The van der Waals surface area contributed by atoms with E-state index in [1.54, 1.807) is 0 Å². The minimum atomic E-state index is 0.208. The van der Waals surface area contributed by atoms with Crippen LogP contribution >= 0.6 is 0 Å². The van der Waals surface area contributed by atoms with E-state index in [-0.39, 0.29) is 12.5 Å². The van der Waals surface area contributed by atoms with Crippen LogP contribution in [0, 0.1) is 0 Å². The van der Waals surface area contributed by atoms with Gasteiger partial charge in [0.1, 0.15) is 0 Å². The van der Waals surface area contributed by atoms with Crippen molar-refractivity contribution in [2.45, 2.75) is 25.8 Å². The van der Waals surface area contributed by atoms with Gasteiger partial charge in [-0.25, -0.2) is 0 Å². The normalized spacial score (nSPS) is 21.6. The van der Waals surface area contributed by atoms with Crippen molar-refractivity contribution in [3.63, 3.8) is 0 Å². The van der Waals surface area contributed by atoms with Gasteiger partial charge in [0, 0.05) is 38.8 Å². The van der Waals surface area contributed by atoms with Crippen LogP contribution in [0.2, 0.25) is 0 Å². The summed E-state index contributed by atoms with van der Waals surface area (Å²) in [4.78, 5) is 18.7. The Hall–Kier alpha value is -0.650. The van der Waals surface area contributed by atoms with Gasteiger partial charge in [0.25, 0.3) is 0 Å². The second-order valence-corrected chi connectivity index (χ2v) is 5.24. The molecule has 2 fully saturated rings. The van der Waals surface area contributed by atoms with Crippen molar-refractivity contribution in [2.24, 2.45) is 0 Å². The molecule has 1 saturated carbocycles. The Morgan fingerprint density at radius 2 is 1.94 bits per heavy atom. The summed E-state index contributed by atoms with van der Waals surface area (Å²) in [5.74, 6) is 0.271. The van der Waals surface area contributed by atoms with Crippen molar-refractivity contribution in [1.29, 1.82) is 0 Å². The smallest absolute Gasteiger partial charge is 0.236 e. The quantitative estimate of drug-likeness (QED) is 0.702. The molecule has 0 unspecified atom stereocenters. The number of hydrogen-bond donors (Lipinski definition) is 1. The van der Waals surface area contributed by atoms with Crippen molar-refractivity contribution in [3.8, 4) is 0 Å². The van der Waals surface area contributed by atoms with E-state index >= 15 is 0 Å². The van der Waals surface area contributed by atoms with Gasteiger partial charge in [-0.15, -0.1) is 0 Å². The number of carbonyl (C=O) groups excluding carboxylic acids is 1. The highest BCUT2D eigenvalue weighted by molar-refractivity contribution is 5.78. The average molecular weight is 255 g/mol. The third kappa shape index (κ3) is 3.67.